The number of rotatable bonds is 5. The van der Waals surface area contributed by atoms with E-state index in [0.717, 1.165) is 16.4 Å². The average molecular weight is 403 g/mol. The summed E-state index contributed by atoms with van der Waals surface area (Å²) in [6.07, 6.45) is 6.42. The van der Waals surface area contributed by atoms with Crippen LogP contribution in [0.3, 0.4) is 0 Å². The lowest BCUT2D eigenvalue weighted by atomic mass is 9.95. The third-order valence-electron chi connectivity index (χ3n) is 5.19. The molecule has 0 amide bonds. The van der Waals surface area contributed by atoms with Crippen LogP contribution in [-0.2, 0) is 5.75 Å². The molecule has 4 rings (SSSR count). The fourth-order valence-corrected chi connectivity index (χ4v) is 4.86. The minimum absolute atomic E-state index is 0.458. The Hall–Kier alpha value is -1.79. The van der Waals surface area contributed by atoms with Gasteiger partial charge in [0.2, 0.25) is 11.8 Å². The molecule has 0 atom stereocenters. The van der Waals surface area contributed by atoms with E-state index in [9.17, 15) is 0 Å². The third-order valence-corrected chi connectivity index (χ3v) is 6.46. The SMILES string of the molecule is Cc1nc(SCc2nnc(-c3ccccc3Cl)o2)n(C2CCCCC2)c1C. The Labute approximate surface area is 168 Å². The maximum atomic E-state index is 6.22. The predicted octanol–water partition coefficient (Wildman–Crippen LogP) is 6.00. The second kappa shape index (κ2) is 8.07. The normalized spacial score (nSPS) is 15.4. The molecular weight excluding hydrogens is 380 g/mol. The molecule has 1 fully saturated rings. The maximum absolute atomic E-state index is 6.22. The lowest BCUT2D eigenvalue weighted by molar-refractivity contribution is 0.332. The van der Waals surface area contributed by atoms with E-state index >= 15 is 0 Å². The Kier molecular flexibility index (Phi) is 5.55. The molecule has 1 aromatic carbocycles. The van der Waals surface area contributed by atoms with Crippen molar-refractivity contribution in [1.29, 1.82) is 0 Å². The summed E-state index contributed by atoms with van der Waals surface area (Å²) in [4.78, 5) is 4.79. The first-order valence-electron chi connectivity index (χ1n) is 9.39. The van der Waals surface area contributed by atoms with E-state index in [1.54, 1.807) is 11.8 Å². The minimum atomic E-state index is 0.458. The van der Waals surface area contributed by atoms with Crippen molar-refractivity contribution >= 4 is 23.4 Å². The van der Waals surface area contributed by atoms with Crippen LogP contribution >= 0.6 is 23.4 Å². The molecule has 2 heterocycles. The van der Waals surface area contributed by atoms with Gasteiger partial charge in [0.15, 0.2) is 5.16 Å². The molecule has 5 nitrogen and oxygen atoms in total. The summed E-state index contributed by atoms with van der Waals surface area (Å²) >= 11 is 7.89. The van der Waals surface area contributed by atoms with Gasteiger partial charge < -0.3 is 8.98 Å². The smallest absolute Gasteiger partial charge is 0.249 e. The minimum Gasteiger partial charge on any atom is -0.420 e. The zero-order valence-electron chi connectivity index (χ0n) is 15.6. The number of halogens is 1. The molecule has 0 N–H and O–H groups in total. The van der Waals surface area contributed by atoms with Gasteiger partial charge in [-0.15, -0.1) is 10.2 Å². The summed E-state index contributed by atoms with van der Waals surface area (Å²) in [6, 6.07) is 8.06. The Morgan fingerprint density at radius 2 is 1.93 bits per heavy atom. The first-order valence-corrected chi connectivity index (χ1v) is 10.8. The third kappa shape index (κ3) is 3.92. The van der Waals surface area contributed by atoms with Crippen molar-refractivity contribution in [2.24, 2.45) is 0 Å². The fourth-order valence-electron chi connectivity index (χ4n) is 3.65. The number of nitrogens with zero attached hydrogens (tertiary/aromatic N) is 4. The van der Waals surface area contributed by atoms with Crippen LogP contribution in [0.5, 0.6) is 0 Å². The maximum Gasteiger partial charge on any atom is 0.249 e. The van der Waals surface area contributed by atoms with Gasteiger partial charge in [0.25, 0.3) is 0 Å². The van der Waals surface area contributed by atoms with Crippen LogP contribution in [0.1, 0.15) is 55.4 Å². The van der Waals surface area contributed by atoms with E-state index in [1.165, 1.54) is 37.8 Å². The lowest BCUT2D eigenvalue weighted by Crippen LogP contribution is -2.15. The highest BCUT2D eigenvalue weighted by Gasteiger charge is 2.22. The topological polar surface area (TPSA) is 56.7 Å². The molecule has 0 radical (unpaired) electrons. The molecule has 1 saturated carbocycles. The van der Waals surface area contributed by atoms with Crippen molar-refractivity contribution in [3.63, 3.8) is 0 Å². The summed E-state index contributed by atoms with van der Waals surface area (Å²) < 4.78 is 8.25. The van der Waals surface area contributed by atoms with E-state index < -0.39 is 0 Å². The summed E-state index contributed by atoms with van der Waals surface area (Å²) in [5, 5.41) is 10.0. The zero-order valence-corrected chi connectivity index (χ0v) is 17.2. The summed E-state index contributed by atoms with van der Waals surface area (Å²) in [6.45, 7) is 4.25. The highest BCUT2D eigenvalue weighted by atomic mass is 35.5. The number of aromatic nitrogens is 4. The molecule has 142 valence electrons. The largest absolute Gasteiger partial charge is 0.420 e. The molecule has 7 heteroatoms. The Morgan fingerprint density at radius 1 is 1.15 bits per heavy atom. The molecule has 1 aliphatic carbocycles. The molecular formula is C20H23ClN4OS. The number of imidazole rings is 1. The van der Waals surface area contributed by atoms with E-state index in [1.807, 2.05) is 24.3 Å². The van der Waals surface area contributed by atoms with Crippen LogP contribution < -0.4 is 0 Å². The summed E-state index contributed by atoms with van der Waals surface area (Å²) in [5.74, 6) is 1.64. The van der Waals surface area contributed by atoms with Crippen molar-refractivity contribution in [1.82, 2.24) is 19.7 Å². The quantitative estimate of drug-likeness (QED) is 0.490. The standard InChI is InChI=1S/C20H23ClN4OS/c1-13-14(2)25(15-8-4-3-5-9-15)20(22-13)27-12-18-23-24-19(26-18)16-10-6-7-11-17(16)21/h6-7,10-11,15H,3-5,8-9,12H2,1-2H3. The van der Waals surface area contributed by atoms with Crippen molar-refractivity contribution in [2.45, 2.75) is 62.9 Å². The van der Waals surface area contributed by atoms with E-state index in [0.29, 0.717) is 28.6 Å². The number of hydrogen-bond donors (Lipinski definition) is 0. The van der Waals surface area contributed by atoms with Gasteiger partial charge in [-0.25, -0.2) is 4.98 Å². The van der Waals surface area contributed by atoms with Gasteiger partial charge in [-0.2, -0.15) is 0 Å². The van der Waals surface area contributed by atoms with Crippen LogP contribution in [0.25, 0.3) is 11.5 Å². The van der Waals surface area contributed by atoms with Crippen LogP contribution in [0.4, 0.5) is 0 Å². The number of thioether (sulfide) groups is 1. The molecule has 3 aromatic rings. The van der Waals surface area contributed by atoms with Crippen LogP contribution in [0.15, 0.2) is 33.8 Å². The highest BCUT2D eigenvalue weighted by molar-refractivity contribution is 7.98. The molecule has 27 heavy (non-hydrogen) atoms. The highest BCUT2D eigenvalue weighted by Crippen LogP contribution is 2.35. The molecule has 0 spiro atoms. The van der Waals surface area contributed by atoms with Gasteiger partial charge >= 0.3 is 0 Å². The van der Waals surface area contributed by atoms with Gasteiger partial charge in [0.05, 0.1) is 22.0 Å². The van der Waals surface area contributed by atoms with Gasteiger partial charge in [0.1, 0.15) is 0 Å². The van der Waals surface area contributed by atoms with E-state index in [4.69, 9.17) is 21.0 Å². The second-order valence-corrected chi connectivity index (χ2v) is 8.35. The molecule has 0 bridgehead atoms. The van der Waals surface area contributed by atoms with Crippen molar-refractivity contribution in [2.75, 3.05) is 0 Å². The van der Waals surface area contributed by atoms with Gasteiger partial charge in [-0.3, -0.25) is 0 Å². The number of benzene rings is 1. The lowest BCUT2D eigenvalue weighted by Gasteiger charge is -2.25. The fraction of sp³-hybridized carbons (Fsp3) is 0.450. The zero-order chi connectivity index (χ0) is 18.8. The Balaban J connectivity index is 1.51. The van der Waals surface area contributed by atoms with Gasteiger partial charge in [-0.1, -0.05) is 54.8 Å². The van der Waals surface area contributed by atoms with E-state index in [-0.39, 0.29) is 0 Å². The van der Waals surface area contributed by atoms with E-state index in [2.05, 4.69) is 28.6 Å². The molecule has 1 aliphatic rings. The molecule has 0 saturated heterocycles. The first kappa shape index (κ1) is 18.6. The Bertz CT molecular complexity index is 930. The summed E-state index contributed by atoms with van der Waals surface area (Å²) in [7, 11) is 0. The molecule has 2 aromatic heterocycles. The summed E-state index contributed by atoms with van der Waals surface area (Å²) in [5.41, 5.74) is 3.13. The van der Waals surface area contributed by atoms with Gasteiger partial charge in [0, 0.05) is 11.7 Å². The van der Waals surface area contributed by atoms with Crippen LogP contribution in [0, 0.1) is 13.8 Å². The van der Waals surface area contributed by atoms with Crippen LogP contribution in [0.2, 0.25) is 5.02 Å². The Morgan fingerprint density at radius 3 is 2.70 bits per heavy atom. The first-order chi connectivity index (χ1) is 13.1. The molecule has 0 unspecified atom stereocenters. The van der Waals surface area contributed by atoms with Crippen LogP contribution in [-0.4, -0.2) is 19.7 Å². The van der Waals surface area contributed by atoms with Crippen molar-refractivity contribution < 1.29 is 4.42 Å². The monoisotopic (exact) mass is 402 g/mol. The predicted molar refractivity (Wildman–Crippen MR) is 108 cm³/mol. The average Bonchev–Trinajstić information content (AvgIpc) is 3.26. The second-order valence-electron chi connectivity index (χ2n) is 7.00. The number of aryl methyl sites for hydroxylation is 1. The van der Waals surface area contributed by atoms with Crippen molar-refractivity contribution in [3.8, 4) is 11.5 Å². The van der Waals surface area contributed by atoms with Crippen molar-refractivity contribution in [3.05, 3.63) is 46.6 Å². The molecule has 0 aliphatic heterocycles. The van der Waals surface area contributed by atoms with Gasteiger partial charge in [-0.05, 0) is 38.8 Å². The number of hydrogen-bond acceptors (Lipinski definition) is 5.